The largest absolute Gasteiger partial charge is 0.382 e. The van der Waals surface area contributed by atoms with Gasteiger partial charge in [0.15, 0.2) is 0 Å². The van der Waals surface area contributed by atoms with E-state index in [1.807, 2.05) is 24.0 Å². The third-order valence-electron chi connectivity index (χ3n) is 4.70. The highest BCUT2D eigenvalue weighted by Gasteiger charge is 2.43. The minimum atomic E-state index is 0.190. The number of thiophene rings is 1. The van der Waals surface area contributed by atoms with Crippen molar-refractivity contribution < 1.29 is 14.3 Å². The van der Waals surface area contributed by atoms with Crippen molar-refractivity contribution >= 4 is 17.2 Å². The molecule has 0 unspecified atom stereocenters. The van der Waals surface area contributed by atoms with E-state index in [2.05, 4.69) is 0 Å². The van der Waals surface area contributed by atoms with Crippen LogP contribution in [-0.4, -0.2) is 50.3 Å². The van der Waals surface area contributed by atoms with E-state index < -0.39 is 0 Å². The number of carbonyl (C=O) groups is 1. The molecule has 5 heteroatoms. The van der Waals surface area contributed by atoms with Gasteiger partial charge in [0.25, 0.3) is 5.91 Å². The second-order valence-corrected chi connectivity index (χ2v) is 7.58. The molecule has 2 aliphatic rings. The van der Waals surface area contributed by atoms with Crippen molar-refractivity contribution in [1.82, 2.24) is 4.90 Å². The SMILES string of the molecule is COC[C@@H]1CC2(CCN(C(=O)c3ccc(C)s3)CC2)CO1. The van der Waals surface area contributed by atoms with Gasteiger partial charge < -0.3 is 14.4 Å². The maximum atomic E-state index is 12.5. The van der Waals surface area contributed by atoms with Crippen molar-refractivity contribution in [2.24, 2.45) is 5.41 Å². The van der Waals surface area contributed by atoms with E-state index in [1.54, 1.807) is 18.4 Å². The molecular weight excluding hydrogens is 286 g/mol. The highest BCUT2D eigenvalue weighted by molar-refractivity contribution is 7.13. The molecular formula is C16H23NO3S. The van der Waals surface area contributed by atoms with E-state index in [0.717, 1.165) is 43.8 Å². The number of methoxy groups -OCH3 is 1. The van der Waals surface area contributed by atoms with Gasteiger partial charge in [0, 0.05) is 25.1 Å². The smallest absolute Gasteiger partial charge is 0.263 e. The van der Waals surface area contributed by atoms with Gasteiger partial charge in [-0.25, -0.2) is 0 Å². The first-order chi connectivity index (χ1) is 10.1. The minimum absolute atomic E-state index is 0.190. The average Bonchev–Trinajstić information content (AvgIpc) is 3.07. The number of carbonyl (C=O) groups excluding carboxylic acids is 1. The number of hydrogen-bond acceptors (Lipinski definition) is 4. The van der Waals surface area contributed by atoms with Crippen LogP contribution in [0, 0.1) is 12.3 Å². The second kappa shape index (κ2) is 6.07. The molecule has 21 heavy (non-hydrogen) atoms. The first kappa shape index (κ1) is 15.0. The fourth-order valence-electron chi connectivity index (χ4n) is 3.43. The molecule has 1 aromatic rings. The van der Waals surface area contributed by atoms with Gasteiger partial charge in [-0.05, 0) is 43.7 Å². The normalized spacial score (nSPS) is 24.7. The molecule has 0 aromatic carbocycles. The molecule has 2 aliphatic heterocycles. The van der Waals surface area contributed by atoms with E-state index in [4.69, 9.17) is 9.47 Å². The molecule has 1 spiro atoms. The number of nitrogens with zero attached hydrogens (tertiary/aromatic N) is 1. The number of hydrogen-bond donors (Lipinski definition) is 0. The van der Waals surface area contributed by atoms with Gasteiger partial charge >= 0.3 is 0 Å². The topological polar surface area (TPSA) is 38.8 Å². The highest BCUT2D eigenvalue weighted by atomic mass is 32.1. The van der Waals surface area contributed by atoms with E-state index in [1.165, 1.54) is 4.88 Å². The van der Waals surface area contributed by atoms with E-state index in [0.29, 0.717) is 6.61 Å². The van der Waals surface area contributed by atoms with Crippen molar-refractivity contribution in [2.75, 3.05) is 33.4 Å². The van der Waals surface area contributed by atoms with Crippen LogP contribution in [0.25, 0.3) is 0 Å². The summed E-state index contributed by atoms with van der Waals surface area (Å²) >= 11 is 1.59. The molecule has 1 amide bonds. The number of amides is 1. The zero-order valence-corrected chi connectivity index (χ0v) is 13.6. The van der Waals surface area contributed by atoms with Crippen molar-refractivity contribution in [3.63, 3.8) is 0 Å². The van der Waals surface area contributed by atoms with E-state index >= 15 is 0 Å². The number of ether oxygens (including phenoxy) is 2. The Hall–Kier alpha value is -0.910. The molecule has 3 rings (SSSR count). The van der Waals surface area contributed by atoms with Gasteiger partial charge in [-0.3, -0.25) is 4.79 Å². The first-order valence-corrected chi connectivity index (χ1v) is 8.40. The Morgan fingerprint density at radius 3 is 2.86 bits per heavy atom. The van der Waals surface area contributed by atoms with Gasteiger partial charge in [-0.2, -0.15) is 0 Å². The average molecular weight is 309 g/mol. The molecule has 4 nitrogen and oxygen atoms in total. The summed E-state index contributed by atoms with van der Waals surface area (Å²) in [7, 11) is 1.72. The van der Waals surface area contributed by atoms with Crippen molar-refractivity contribution in [3.05, 3.63) is 21.9 Å². The monoisotopic (exact) mass is 309 g/mol. The third kappa shape index (κ3) is 3.15. The number of rotatable bonds is 3. The zero-order chi connectivity index (χ0) is 14.9. The molecule has 0 saturated carbocycles. The van der Waals surface area contributed by atoms with Crippen LogP contribution in [0.2, 0.25) is 0 Å². The Bertz CT molecular complexity index is 505. The number of piperidine rings is 1. The summed E-state index contributed by atoms with van der Waals surface area (Å²) in [5.41, 5.74) is 0.269. The Morgan fingerprint density at radius 1 is 1.48 bits per heavy atom. The van der Waals surface area contributed by atoms with Crippen molar-refractivity contribution in [2.45, 2.75) is 32.3 Å². The standard InChI is InChI=1S/C16H23NO3S/c1-12-3-4-14(21-12)15(18)17-7-5-16(6-8-17)9-13(10-19-2)20-11-16/h3-4,13H,5-11H2,1-2H3/t13-/m0/s1. The maximum absolute atomic E-state index is 12.5. The Morgan fingerprint density at radius 2 is 2.24 bits per heavy atom. The van der Waals surface area contributed by atoms with Crippen molar-refractivity contribution in [3.8, 4) is 0 Å². The first-order valence-electron chi connectivity index (χ1n) is 7.58. The van der Waals surface area contributed by atoms with Crippen LogP contribution in [0.15, 0.2) is 12.1 Å². The van der Waals surface area contributed by atoms with E-state index in [9.17, 15) is 4.79 Å². The van der Waals surface area contributed by atoms with Crippen molar-refractivity contribution in [1.29, 1.82) is 0 Å². The Balaban J connectivity index is 1.57. The van der Waals surface area contributed by atoms with Crippen LogP contribution in [0.5, 0.6) is 0 Å². The Labute approximate surface area is 130 Å². The summed E-state index contributed by atoms with van der Waals surface area (Å²) in [6, 6.07) is 3.96. The lowest BCUT2D eigenvalue weighted by molar-refractivity contribution is 0.0281. The zero-order valence-electron chi connectivity index (χ0n) is 12.8. The van der Waals surface area contributed by atoms with Gasteiger partial charge in [0.05, 0.1) is 24.2 Å². The fraction of sp³-hybridized carbons (Fsp3) is 0.688. The quantitative estimate of drug-likeness (QED) is 0.862. The van der Waals surface area contributed by atoms with Crippen LogP contribution < -0.4 is 0 Å². The molecule has 0 aliphatic carbocycles. The number of likely N-dealkylation sites (tertiary alicyclic amines) is 1. The third-order valence-corrected chi connectivity index (χ3v) is 5.69. The molecule has 3 heterocycles. The summed E-state index contributed by atoms with van der Waals surface area (Å²) in [5.74, 6) is 0.190. The molecule has 0 radical (unpaired) electrons. The van der Waals surface area contributed by atoms with Crippen LogP contribution in [-0.2, 0) is 9.47 Å². The van der Waals surface area contributed by atoms with Gasteiger partial charge in [0.2, 0.25) is 0 Å². The van der Waals surface area contributed by atoms with Crippen LogP contribution >= 0.6 is 11.3 Å². The molecule has 2 saturated heterocycles. The summed E-state index contributed by atoms with van der Waals surface area (Å²) in [5, 5.41) is 0. The minimum Gasteiger partial charge on any atom is -0.382 e. The summed E-state index contributed by atoms with van der Waals surface area (Å²) in [6.07, 6.45) is 3.39. The van der Waals surface area contributed by atoms with Crippen LogP contribution in [0.3, 0.4) is 0 Å². The van der Waals surface area contributed by atoms with Gasteiger partial charge in [-0.15, -0.1) is 11.3 Å². The second-order valence-electron chi connectivity index (χ2n) is 6.29. The predicted molar refractivity (Wildman–Crippen MR) is 82.9 cm³/mol. The fourth-order valence-corrected chi connectivity index (χ4v) is 4.26. The molecule has 1 atom stereocenters. The molecule has 116 valence electrons. The van der Waals surface area contributed by atoms with Gasteiger partial charge in [-0.1, -0.05) is 0 Å². The van der Waals surface area contributed by atoms with Crippen LogP contribution in [0.1, 0.15) is 33.8 Å². The van der Waals surface area contributed by atoms with Gasteiger partial charge in [0.1, 0.15) is 0 Å². The molecule has 2 fully saturated rings. The Kier molecular flexibility index (Phi) is 4.33. The molecule has 1 aromatic heterocycles. The van der Waals surface area contributed by atoms with Crippen LogP contribution in [0.4, 0.5) is 0 Å². The molecule has 0 bridgehead atoms. The van der Waals surface area contributed by atoms with E-state index in [-0.39, 0.29) is 17.4 Å². The highest BCUT2D eigenvalue weighted by Crippen LogP contribution is 2.42. The lowest BCUT2D eigenvalue weighted by atomic mass is 9.76. The maximum Gasteiger partial charge on any atom is 0.263 e. The summed E-state index contributed by atoms with van der Waals surface area (Å²) < 4.78 is 11.0. The predicted octanol–water partition coefficient (Wildman–Crippen LogP) is 2.71. The lowest BCUT2D eigenvalue weighted by Gasteiger charge is -2.38. The summed E-state index contributed by atoms with van der Waals surface area (Å²) in [6.45, 7) is 5.23. The molecule has 0 N–H and O–H groups in total. The summed E-state index contributed by atoms with van der Waals surface area (Å²) in [4.78, 5) is 16.5. The number of aryl methyl sites for hydroxylation is 1. The lowest BCUT2D eigenvalue weighted by Crippen LogP contribution is -2.43.